The molecule has 236 valence electrons. The van der Waals surface area contributed by atoms with Crippen molar-refractivity contribution in [3.63, 3.8) is 0 Å². The van der Waals surface area contributed by atoms with Crippen LogP contribution in [0.25, 0.3) is 0 Å². The van der Waals surface area contributed by atoms with Crippen molar-refractivity contribution in [3.8, 4) is 28.7 Å². The molecule has 0 atom stereocenters. The molecule has 0 saturated carbocycles. The van der Waals surface area contributed by atoms with Gasteiger partial charge in [-0.25, -0.2) is 0 Å². The van der Waals surface area contributed by atoms with Crippen molar-refractivity contribution in [3.05, 3.63) is 134 Å². The normalized spacial score (nSPS) is 9.18. The molecule has 13 heteroatoms. The third-order valence-electron chi connectivity index (χ3n) is 4.62. The summed E-state index contributed by atoms with van der Waals surface area (Å²) in [6.07, 6.45) is 0. The summed E-state index contributed by atoms with van der Waals surface area (Å²) in [6, 6.07) is 30.8. The fraction of sp³-hybridized carbons (Fsp3) is 0.0323. The van der Waals surface area contributed by atoms with Crippen LogP contribution in [-0.4, -0.2) is 25.5 Å². The summed E-state index contributed by atoms with van der Waals surface area (Å²) in [7, 11) is 0. The first kappa shape index (κ1) is 44.9. The van der Waals surface area contributed by atoms with Crippen molar-refractivity contribution in [2.75, 3.05) is 0 Å². The third-order valence-corrected chi connectivity index (χ3v) is 9.90. The molecule has 0 aliphatic rings. The van der Waals surface area contributed by atoms with Crippen LogP contribution in [0.15, 0.2) is 103 Å². The minimum absolute atomic E-state index is 0. The summed E-state index contributed by atoms with van der Waals surface area (Å²) in [5.41, 5.74) is 0.941. The Morgan fingerprint density at radius 1 is 0.409 bits per heavy atom. The Morgan fingerprint density at radius 2 is 0.932 bits per heavy atom. The molecule has 0 unspecified atom stereocenters. The van der Waals surface area contributed by atoms with Gasteiger partial charge in [-0.15, -0.1) is 24.0 Å². The third kappa shape index (κ3) is 20.3. The predicted octanol–water partition coefficient (Wildman–Crippen LogP) is 12.1. The minimum Gasteiger partial charge on any atom is -0.508 e. The van der Waals surface area contributed by atoms with Crippen LogP contribution in [0.2, 0.25) is 0 Å². The second-order valence-electron chi connectivity index (χ2n) is 8.06. The molecule has 0 aromatic heterocycles. The lowest BCUT2D eigenvalue weighted by atomic mass is 10.2. The van der Waals surface area contributed by atoms with Gasteiger partial charge < -0.3 is 25.5 Å². The van der Waals surface area contributed by atoms with Crippen LogP contribution in [0.1, 0.15) is 5.56 Å². The molecule has 0 amide bonds. The quantitative estimate of drug-likeness (QED) is 0.0995. The number of aryl methyl sites for hydroxylation is 1. The molecule has 5 nitrogen and oxygen atoms in total. The zero-order chi connectivity index (χ0) is 32.5. The van der Waals surface area contributed by atoms with Crippen molar-refractivity contribution in [2.24, 2.45) is 0 Å². The van der Waals surface area contributed by atoms with Crippen LogP contribution in [0.3, 0.4) is 0 Å². The molecule has 0 heterocycles. The van der Waals surface area contributed by atoms with Gasteiger partial charge in [0.15, 0.2) is 0 Å². The smallest absolute Gasteiger partial charge is 0.131 e. The van der Waals surface area contributed by atoms with Crippen LogP contribution in [-0.2, 0) is 0 Å². The van der Waals surface area contributed by atoms with Crippen LogP contribution >= 0.6 is 182 Å². The van der Waals surface area contributed by atoms with E-state index in [0.29, 0.717) is 28.7 Å². The molecular weight excluding hydrogens is 1470 g/mol. The van der Waals surface area contributed by atoms with Gasteiger partial charge in [0, 0.05) is 14.3 Å². The van der Waals surface area contributed by atoms with Crippen molar-refractivity contribution in [1.82, 2.24) is 0 Å². The van der Waals surface area contributed by atoms with Crippen molar-refractivity contribution in [1.29, 1.82) is 0 Å². The lowest BCUT2D eigenvalue weighted by Gasteiger charge is -2.00. The molecule has 5 aromatic carbocycles. The first-order valence-corrected chi connectivity index (χ1v) is 19.4. The molecule has 0 aliphatic carbocycles. The number of hydrogen-bond donors (Lipinski definition) is 5. The van der Waals surface area contributed by atoms with Crippen LogP contribution in [0.5, 0.6) is 28.7 Å². The Balaban J connectivity index is 0.000000524. The Labute approximate surface area is 370 Å². The van der Waals surface area contributed by atoms with E-state index in [1.54, 1.807) is 42.5 Å². The summed E-state index contributed by atoms with van der Waals surface area (Å²) in [5, 5.41) is 44.8. The van der Waals surface area contributed by atoms with E-state index in [1.165, 1.54) is 0 Å². The number of para-hydroxylation sites is 1. The highest BCUT2D eigenvalue weighted by molar-refractivity contribution is 14.1. The topological polar surface area (TPSA) is 101 Å². The molecule has 0 bridgehead atoms. The first-order valence-electron chi connectivity index (χ1n) is 11.8. The second-order valence-corrected chi connectivity index (χ2v) is 16.5. The molecule has 0 spiro atoms. The molecule has 0 radical (unpaired) electrons. The number of hydrogen-bond acceptors (Lipinski definition) is 5. The first-order chi connectivity index (χ1) is 20.2. The lowest BCUT2D eigenvalue weighted by molar-refractivity contribution is 0.467. The van der Waals surface area contributed by atoms with E-state index in [9.17, 15) is 5.11 Å². The summed E-state index contributed by atoms with van der Waals surface area (Å²) >= 11 is 15.1. The largest absolute Gasteiger partial charge is 0.508 e. The van der Waals surface area contributed by atoms with Crippen LogP contribution < -0.4 is 0 Å². The Bertz CT molecular complexity index is 1490. The van der Waals surface area contributed by atoms with E-state index in [-0.39, 0.29) is 24.0 Å². The molecule has 5 aromatic rings. The fourth-order valence-corrected chi connectivity index (χ4v) is 7.56. The van der Waals surface area contributed by atoms with E-state index in [0.717, 1.165) is 30.6 Å². The van der Waals surface area contributed by atoms with Gasteiger partial charge in [0.1, 0.15) is 28.7 Å². The number of phenols is 5. The van der Waals surface area contributed by atoms with Gasteiger partial charge in [0.05, 0.1) is 10.7 Å². The second kappa shape index (κ2) is 25.0. The molecule has 0 fully saturated rings. The Morgan fingerprint density at radius 3 is 1.34 bits per heavy atom. The average Bonchev–Trinajstić information content (AvgIpc) is 2.94. The molecular formula is C31H26I8O5. The SMILES string of the molecule is Cc1cc(I)cc(I)c1O.I.Oc1ccc(I)cc1.Oc1ccc(I)cc1I.Oc1cccc(I)c1.Oc1ccccc1I. The molecule has 0 saturated heterocycles. The van der Waals surface area contributed by atoms with Crippen LogP contribution in [0, 0.1) is 31.9 Å². The van der Waals surface area contributed by atoms with Gasteiger partial charge in [-0.3, -0.25) is 0 Å². The number of rotatable bonds is 0. The van der Waals surface area contributed by atoms with E-state index < -0.39 is 0 Å². The number of aromatic hydroxyl groups is 5. The van der Waals surface area contributed by atoms with Gasteiger partial charge in [0.25, 0.3) is 0 Å². The predicted molar refractivity (Wildman–Crippen MR) is 250 cm³/mol. The fourth-order valence-electron chi connectivity index (χ4n) is 2.54. The number of phenolic OH excluding ortho intramolecular Hbond substituents is 5. The summed E-state index contributed by atoms with van der Waals surface area (Å²) < 4.78 is 7.22. The summed E-state index contributed by atoms with van der Waals surface area (Å²) in [4.78, 5) is 0. The molecule has 0 aliphatic heterocycles. The molecule has 5 N–H and O–H groups in total. The van der Waals surface area contributed by atoms with Gasteiger partial charge in [-0.2, -0.15) is 0 Å². The minimum atomic E-state index is 0. The zero-order valence-corrected chi connectivity index (χ0v) is 40.0. The molecule has 44 heavy (non-hydrogen) atoms. The maximum atomic E-state index is 9.32. The standard InChI is InChI=1S/C7H6I2O.C6H4I2O.3C6H5IO.HI/c1-4-2-5(8)3-6(9)7(4)10;7-4-1-2-6(9)5(8)3-4;7-5-1-3-6(8)4-2-5;7-5-2-1-3-6(8)4-5;7-5-3-1-2-4-6(5)8;/h2-3,10H,1H3;1-3,9H;3*1-4,8H;1H. The summed E-state index contributed by atoms with van der Waals surface area (Å²) in [5.74, 6) is 1.77. The zero-order valence-electron chi connectivity index (χ0n) is 22.6. The number of benzene rings is 5. The highest BCUT2D eigenvalue weighted by Crippen LogP contribution is 2.25. The van der Waals surface area contributed by atoms with E-state index in [2.05, 4.69) is 158 Å². The molecule has 5 rings (SSSR count). The Kier molecular flexibility index (Phi) is 25.5. The van der Waals surface area contributed by atoms with Crippen molar-refractivity contribution < 1.29 is 25.5 Å². The lowest BCUT2D eigenvalue weighted by Crippen LogP contribution is -1.81. The van der Waals surface area contributed by atoms with Crippen molar-refractivity contribution in [2.45, 2.75) is 6.92 Å². The van der Waals surface area contributed by atoms with E-state index in [1.807, 2.05) is 67.6 Å². The number of halogens is 8. The van der Waals surface area contributed by atoms with Gasteiger partial charge in [0.2, 0.25) is 0 Å². The highest BCUT2D eigenvalue weighted by Gasteiger charge is 2.01. The highest BCUT2D eigenvalue weighted by atomic mass is 127. The van der Waals surface area contributed by atoms with E-state index >= 15 is 0 Å². The van der Waals surface area contributed by atoms with Gasteiger partial charge >= 0.3 is 0 Å². The maximum absolute atomic E-state index is 9.32. The van der Waals surface area contributed by atoms with Crippen LogP contribution in [0.4, 0.5) is 0 Å². The summed E-state index contributed by atoms with van der Waals surface area (Å²) in [6.45, 7) is 1.90. The maximum Gasteiger partial charge on any atom is 0.131 e. The monoisotopic (exact) mass is 1490 g/mol. The van der Waals surface area contributed by atoms with Gasteiger partial charge in [-0.05, 0) is 256 Å². The van der Waals surface area contributed by atoms with Gasteiger partial charge in [-0.1, -0.05) is 18.2 Å². The van der Waals surface area contributed by atoms with E-state index in [4.69, 9.17) is 20.4 Å². The Hall–Kier alpha value is 0.940. The van der Waals surface area contributed by atoms with Crippen molar-refractivity contribution >= 4 is 182 Å². The average molecular weight is 1490 g/mol.